The third-order valence-corrected chi connectivity index (χ3v) is 2.90. The Bertz CT molecular complexity index is 488. The zero-order valence-electron chi connectivity index (χ0n) is 11.3. The number of hydrogen-bond donors (Lipinski definition) is 2. The van der Waals surface area contributed by atoms with Crippen molar-refractivity contribution in [3.63, 3.8) is 0 Å². The van der Waals surface area contributed by atoms with Crippen LogP contribution in [0.15, 0.2) is 24.3 Å². The molecule has 0 spiro atoms. The maximum absolute atomic E-state index is 11.8. The average molecular weight is 262 g/mol. The highest BCUT2D eigenvalue weighted by Gasteiger charge is 2.24. The zero-order chi connectivity index (χ0) is 14.0. The van der Waals surface area contributed by atoms with Crippen LogP contribution < -0.4 is 10.6 Å². The first-order valence-electron chi connectivity index (χ1n) is 6.22. The van der Waals surface area contributed by atoms with Gasteiger partial charge in [0.15, 0.2) is 0 Å². The average Bonchev–Trinajstić information content (AvgIpc) is 2.75. The molecule has 0 saturated carbocycles. The number of rotatable bonds is 2. The molecule has 1 heterocycles. The van der Waals surface area contributed by atoms with Gasteiger partial charge in [0.1, 0.15) is 6.10 Å². The van der Waals surface area contributed by atoms with Gasteiger partial charge in [0, 0.05) is 11.1 Å². The molecule has 5 heteroatoms. The van der Waals surface area contributed by atoms with Gasteiger partial charge in [-0.05, 0) is 17.7 Å². The Morgan fingerprint density at radius 3 is 2.42 bits per heavy atom. The molecule has 1 aromatic rings. The van der Waals surface area contributed by atoms with Crippen molar-refractivity contribution >= 4 is 17.7 Å². The quantitative estimate of drug-likeness (QED) is 0.860. The number of amides is 2. The first-order chi connectivity index (χ1) is 8.86. The first kappa shape index (κ1) is 13.4. The van der Waals surface area contributed by atoms with E-state index in [0.29, 0.717) is 6.54 Å². The lowest BCUT2D eigenvalue weighted by molar-refractivity contribution is -0.123. The maximum atomic E-state index is 11.8. The monoisotopic (exact) mass is 262 g/mol. The lowest BCUT2D eigenvalue weighted by Crippen LogP contribution is -2.27. The van der Waals surface area contributed by atoms with Gasteiger partial charge in [0.2, 0.25) is 5.91 Å². The Kier molecular flexibility index (Phi) is 3.46. The SMILES string of the molecule is CC(C)(C)C(=O)Nc1ccc(C2CNC(=O)O2)cc1. The summed E-state index contributed by atoms with van der Waals surface area (Å²) in [5.41, 5.74) is 1.22. The third kappa shape index (κ3) is 3.24. The molecule has 102 valence electrons. The Hall–Kier alpha value is -2.04. The van der Waals surface area contributed by atoms with E-state index in [1.165, 1.54) is 0 Å². The predicted octanol–water partition coefficient (Wildman–Crippen LogP) is 2.45. The topological polar surface area (TPSA) is 67.4 Å². The molecule has 5 nitrogen and oxygen atoms in total. The summed E-state index contributed by atoms with van der Waals surface area (Å²) in [4.78, 5) is 22.8. The summed E-state index contributed by atoms with van der Waals surface area (Å²) >= 11 is 0. The summed E-state index contributed by atoms with van der Waals surface area (Å²) in [6, 6.07) is 7.32. The molecule has 1 aliphatic heterocycles. The molecule has 2 N–H and O–H groups in total. The van der Waals surface area contributed by atoms with Crippen molar-refractivity contribution in [3.8, 4) is 0 Å². The molecule has 0 aromatic heterocycles. The number of carbonyl (C=O) groups excluding carboxylic acids is 2. The molecule has 0 aliphatic carbocycles. The molecular weight excluding hydrogens is 244 g/mol. The van der Waals surface area contributed by atoms with Gasteiger partial charge in [0.05, 0.1) is 6.54 Å². The molecule has 1 aliphatic rings. The van der Waals surface area contributed by atoms with Crippen molar-refractivity contribution in [3.05, 3.63) is 29.8 Å². The Balaban J connectivity index is 2.03. The number of benzene rings is 1. The normalized spacial score (nSPS) is 18.7. The summed E-state index contributed by atoms with van der Waals surface area (Å²) in [6.45, 7) is 6.06. The first-order valence-corrected chi connectivity index (χ1v) is 6.22. The van der Waals surface area contributed by atoms with E-state index in [9.17, 15) is 9.59 Å². The van der Waals surface area contributed by atoms with Crippen LogP contribution in [0.3, 0.4) is 0 Å². The van der Waals surface area contributed by atoms with Gasteiger partial charge < -0.3 is 15.4 Å². The lowest BCUT2D eigenvalue weighted by Gasteiger charge is -2.18. The minimum atomic E-state index is -0.427. The van der Waals surface area contributed by atoms with E-state index in [2.05, 4.69) is 10.6 Å². The number of anilines is 1. The van der Waals surface area contributed by atoms with Gasteiger partial charge in [-0.3, -0.25) is 4.79 Å². The zero-order valence-corrected chi connectivity index (χ0v) is 11.3. The van der Waals surface area contributed by atoms with Gasteiger partial charge in [-0.1, -0.05) is 32.9 Å². The van der Waals surface area contributed by atoms with Crippen molar-refractivity contribution < 1.29 is 14.3 Å². The molecule has 1 aromatic carbocycles. The van der Waals surface area contributed by atoms with Crippen LogP contribution >= 0.6 is 0 Å². The second-order valence-corrected chi connectivity index (χ2v) is 5.60. The fourth-order valence-corrected chi connectivity index (χ4v) is 1.67. The number of nitrogens with one attached hydrogen (secondary N) is 2. The van der Waals surface area contributed by atoms with Crippen LogP contribution in [0.1, 0.15) is 32.4 Å². The van der Waals surface area contributed by atoms with Crippen LogP contribution in [0.4, 0.5) is 10.5 Å². The van der Waals surface area contributed by atoms with Crippen LogP contribution in [-0.2, 0) is 9.53 Å². The molecule has 1 unspecified atom stereocenters. The highest BCUT2D eigenvalue weighted by Crippen LogP contribution is 2.23. The standard InChI is InChI=1S/C14H18N2O3/c1-14(2,3)12(17)16-10-6-4-9(5-7-10)11-8-15-13(18)19-11/h4-7,11H,8H2,1-3H3,(H,15,18)(H,16,17). The van der Waals surface area contributed by atoms with E-state index in [1.807, 2.05) is 45.0 Å². The van der Waals surface area contributed by atoms with E-state index in [0.717, 1.165) is 11.3 Å². The molecular formula is C14H18N2O3. The highest BCUT2D eigenvalue weighted by atomic mass is 16.6. The smallest absolute Gasteiger partial charge is 0.407 e. The van der Waals surface area contributed by atoms with E-state index >= 15 is 0 Å². The van der Waals surface area contributed by atoms with E-state index in [-0.39, 0.29) is 12.0 Å². The fraction of sp³-hybridized carbons (Fsp3) is 0.429. The molecule has 1 atom stereocenters. The molecule has 19 heavy (non-hydrogen) atoms. The number of alkyl carbamates (subject to hydrolysis) is 1. The molecule has 2 amide bonds. The highest BCUT2D eigenvalue weighted by molar-refractivity contribution is 5.94. The Morgan fingerprint density at radius 2 is 1.95 bits per heavy atom. The van der Waals surface area contributed by atoms with Gasteiger partial charge in [0.25, 0.3) is 0 Å². The Labute approximate surface area is 112 Å². The second kappa shape index (κ2) is 4.91. The van der Waals surface area contributed by atoms with Crippen LogP contribution in [-0.4, -0.2) is 18.5 Å². The van der Waals surface area contributed by atoms with E-state index < -0.39 is 11.5 Å². The van der Waals surface area contributed by atoms with E-state index in [4.69, 9.17) is 4.74 Å². The van der Waals surface area contributed by atoms with Crippen LogP contribution in [0.2, 0.25) is 0 Å². The van der Waals surface area contributed by atoms with Crippen LogP contribution in [0, 0.1) is 5.41 Å². The molecule has 2 rings (SSSR count). The van der Waals surface area contributed by atoms with Crippen molar-refractivity contribution in [2.24, 2.45) is 5.41 Å². The molecule has 0 radical (unpaired) electrons. The lowest BCUT2D eigenvalue weighted by atomic mass is 9.95. The van der Waals surface area contributed by atoms with Crippen molar-refractivity contribution in [1.82, 2.24) is 5.32 Å². The van der Waals surface area contributed by atoms with Crippen molar-refractivity contribution in [2.75, 3.05) is 11.9 Å². The summed E-state index contributed by atoms with van der Waals surface area (Å²) < 4.78 is 5.09. The predicted molar refractivity (Wildman–Crippen MR) is 71.8 cm³/mol. The van der Waals surface area contributed by atoms with Gasteiger partial charge in [-0.2, -0.15) is 0 Å². The molecule has 0 bridgehead atoms. The van der Waals surface area contributed by atoms with Gasteiger partial charge in [-0.25, -0.2) is 4.79 Å². The van der Waals surface area contributed by atoms with Crippen molar-refractivity contribution in [1.29, 1.82) is 0 Å². The van der Waals surface area contributed by atoms with Crippen molar-refractivity contribution in [2.45, 2.75) is 26.9 Å². The minimum absolute atomic E-state index is 0.0331. The second-order valence-electron chi connectivity index (χ2n) is 5.60. The maximum Gasteiger partial charge on any atom is 0.407 e. The number of carbonyl (C=O) groups is 2. The number of ether oxygens (including phenoxy) is 1. The van der Waals surface area contributed by atoms with Gasteiger partial charge in [-0.15, -0.1) is 0 Å². The summed E-state index contributed by atoms with van der Waals surface area (Å²) in [6.07, 6.45) is -0.644. The largest absolute Gasteiger partial charge is 0.439 e. The fourth-order valence-electron chi connectivity index (χ4n) is 1.67. The summed E-state index contributed by atoms with van der Waals surface area (Å²) in [7, 11) is 0. The summed E-state index contributed by atoms with van der Waals surface area (Å²) in [5, 5.41) is 5.45. The van der Waals surface area contributed by atoms with Crippen LogP contribution in [0.25, 0.3) is 0 Å². The number of hydrogen-bond acceptors (Lipinski definition) is 3. The minimum Gasteiger partial charge on any atom is -0.439 e. The van der Waals surface area contributed by atoms with Crippen LogP contribution in [0.5, 0.6) is 0 Å². The number of cyclic esters (lactones) is 1. The Morgan fingerprint density at radius 1 is 1.32 bits per heavy atom. The summed E-state index contributed by atoms with van der Waals surface area (Å²) in [5.74, 6) is -0.0331. The molecule has 1 fully saturated rings. The van der Waals surface area contributed by atoms with Gasteiger partial charge >= 0.3 is 6.09 Å². The molecule has 1 saturated heterocycles. The van der Waals surface area contributed by atoms with E-state index in [1.54, 1.807) is 0 Å². The third-order valence-electron chi connectivity index (χ3n) is 2.90.